The monoisotopic (exact) mass is 792 g/mol. The Hall–Kier alpha value is -1.46. The van der Waals surface area contributed by atoms with Crippen molar-refractivity contribution in [3.63, 3.8) is 0 Å². The van der Waals surface area contributed by atoms with Gasteiger partial charge in [0.25, 0.3) is 0 Å². The van der Waals surface area contributed by atoms with E-state index in [9.17, 15) is 35.1 Å². The zero-order chi connectivity index (χ0) is 41.7. The second kappa shape index (κ2) is 19.8. The summed E-state index contributed by atoms with van der Waals surface area (Å²) in [7, 11) is 5.18. The molecule has 5 N–H and O–H groups in total. The van der Waals surface area contributed by atoms with Crippen LogP contribution in [0.4, 0.5) is 0 Å². The van der Waals surface area contributed by atoms with Crippen LogP contribution in [-0.2, 0) is 38.0 Å². The van der Waals surface area contributed by atoms with E-state index in [4.69, 9.17) is 33.7 Å². The molecule has 0 aliphatic carbocycles. The summed E-state index contributed by atoms with van der Waals surface area (Å²) in [6.07, 6.45) is -9.71. The maximum atomic E-state index is 14.1. The molecule has 18 atom stereocenters. The van der Waals surface area contributed by atoms with Crippen LogP contribution in [0.25, 0.3) is 0 Å². The summed E-state index contributed by atoms with van der Waals surface area (Å²) in [5, 5.41) is 66.2. The van der Waals surface area contributed by atoms with Crippen molar-refractivity contribution in [3.8, 4) is 5.40 Å². The molecule has 15 nitrogen and oxygen atoms in total. The highest BCUT2D eigenvalue weighted by Gasteiger charge is 2.53. The topological polar surface area (TPSA) is 218 Å². The number of likely N-dealkylation sites (N-methyl/N-ethyl adjacent to an activating group) is 1. The Morgan fingerprint density at radius 1 is 0.944 bits per heavy atom. The molecule has 314 valence electrons. The minimum absolute atomic E-state index is 0.0936. The van der Waals surface area contributed by atoms with Gasteiger partial charge in [0.15, 0.2) is 12.6 Å². The van der Waals surface area contributed by atoms with Crippen LogP contribution in [0.3, 0.4) is 0 Å². The van der Waals surface area contributed by atoms with Crippen molar-refractivity contribution in [2.75, 3.05) is 21.2 Å². The molecule has 3 heterocycles. The van der Waals surface area contributed by atoms with Crippen molar-refractivity contribution in [3.05, 3.63) is 0 Å². The molecule has 3 rings (SSSR count). The Labute approximate surface area is 327 Å². The smallest absolute Gasteiger partial charge is 0.311 e. The van der Waals surface area contributed by atoms with Gasteiger partial charge in [0.2, 0.25) is 0 Å². The van der Waals surface area contributed by atoms with E-state index in [-0.39, 0.29) is 31.4 Å². The van der Waals surface area contributed by atoms with Gasteiger partial charge in [-0.1, -0.05) is 40.3 Å². The van der Waals surface area contributed by atoms with Crippen molar-refractivity contribution in [2.24, 2.45) is 23.7 Å². The molecule has 0 radical (unpaired) electrons. The summed E-state index contributed by atoms with van der Waals surface area (Å²) in [5.41, 5.74) is -4.84. The van der Waals surface area contributed by atoms with Crippen LogP contribution in [0.5, 0.6) is 0 Å². The first-order chi connectivity index (χ1) is 24.8. The molecule has 0 saturated carbocycles. The third-order valence-electron chi connectivity index (χ3n) is 11.8. The van der Waals surface area contributed by atoms with Crippen LogP contribution in [0.2, 0.25) is 0 Å². The van der Waals surface area contributed by atoms with Crippen molar-refractivity contribution in [2.45, 2.75) is 179 Å². The Balaban J connectivity index is 0.00000325. The molecule has 3 fully saturated rings. The fourth-order valence-electron chi connectivity index (χ4n) is 8.41. The van der Waals surface area contributed by atoms with Gasteiger partial charge >= 0.3 is 5.97 Å². The lowest BCUT2D eigenvalue weighted by Gasteiger charge is -2.49. The van der Waals surface area contributed by atoms with E-state index >= 15 is 0 Å². The Kier molecular flexibility index (Phi) is 17.9. The normalized spacial score (nSPS) is 47.1. The van der Waals surface area contributed by atoms with Crippen LogP contribution in [0.1, 0.15) is 94.9 Å². The third-order valence-corrected chi connectivity index (χ3v) is 11.8. The Morgan fingerprint density at radius 2 is 1.52 bits per heavy atom. The molecule has 0 bridgehead atoms. The van der Waals surface area contributed by atoms with E-state index in [0.29, 0.717) is 6.42 Å². The number of ether oxygens (including phenoxy) is 6. The zero-order valence-electron chi connectivity index (χ0n) is 34.3. The molecule has 3 aliphatic rings. The molecular formula is C38H68N2O13S. The number of hydrogen-bond donors (Lipinski definition) is 6. The van der Waals surface area contributed by atoms with E-state index in [1.165, 1.54) is 33.3 Å². The summed E-state index contributed by atoms with van der Waals surface area (Å²) < 4.78 is 37.1. The maximum absolute atomic E-state index is 14.1. The van der Waals surface area contributed by atoms with Crippen LogP contribution in [0, 0.1) is 34.3 Å². The minimum atomic E-state index is -1.99. The quantitative estimate of drug-likeness (QED) is 0.124. The number of cyclic esters (lactones) is 1. The summed E-state index contributed by atoms with van der Waals surface area (Å²) in [6, 6.07) is -0.324. The number of aliphatic hydroxyl groups is 5. The summed E-state index contributed by atoms with van der Waals surface area (Å²) in [5.74, 6) is -4.98. The number of carbonyl (C=O) groups is 2. The Bertz CT molecular complexity index is 1270. The molecule has 3 unspecified atom stereocenters. The van der Waals surface area contributed by atoms with Crippen LogP contribution >= 0.6 is 12.6 Å². The van der Waals surface area contributed by atoms with Crippen molar-refractivity contribution >= 4 is 24.4 Å². The van der Waals surface area contributed by atoms with Gasteiger partial charge in [-0.05, 0) is 74.9 Å². The third kappa shape index (κ3) is 11.1. The second-order valence-corrected chi connectivity index (χ2v) is 16.8. The van der Waals surface area contributed by atoms with Gasteiger partial charge in [0.1, 0.15) is 35.1 Å². The van der Waals surface area contributed by atoms with Crippen LogP contribution in [0.15, 0.2) is 0 Å². The first-order valence-electron chi connectivity index (χ1n) is 18.9. The summed E-state index contributed by atoms with van der Waals surface area (Å²) >= 11 is 3.09. The lowest BCUT2D eigenvalue weighted by atomic mass is 9.74. The molecule has 0 aromatic carbocycles. The number of carbonyl (C=O) groups excluding carboxylic acids is 2. The van der Waals surface area contributed by atoms with Gasteiger partial charge in [-0.3, -0.25) is 9.59 Å². The highest BCUT2D eigenvalue weighted by molar-refractivity contribution is 7.85. The molecule has 16 heteroatoms. The summed E-state index contributed by atoms with van der Waals surface area (Å²) in [4.78, 5) is 29.8. The second-order valence-electron chi connectivity index (χ2n) is 16.6. The number of nitrogens with zero attached hydrogens (tertiary/aromatic N) is 2. The molecule has 3 saturated heterocycles. The van der Waals surface area contributed by atoms with Crippen LogP contribution < -0.4 is 0 Å². The molecular weight excluding hydrogens is 724 g/mol. The van der Waals surface area contributed by atoms with Crippen LogP contribution in [-0.4, -0.2) is 148 Å². The zero-order valence-corrected chi connectivity index (χ0v) is 35.2. The number of ketones is 1. The van der Waals surface area contributed by atoms with Gasteiger partial charge < -0.3 is 58.9 Å². The maximum Gasteiger partial charge on any atom is 0.311 e. The molecule has 3 aliphatic heterocycles. The molecule has 0 spiro atoms. The van der Waals surface area contributed by atoms with E-state index in [0.717, 1.165) is 0 Å². The molecule has 0 amide bonds. The molecule has 0 aromatic rings. The number of thiol groups is 1. The number of esters is 1. The number of methoxy groups -OCH3 is 1. The number of Topliss-reactive ketones (excluding diaryl/α,β-unsaturated/α-hetero) is 1. The minimum Gasteiger partial charge on any atom is -0.459 e. The number of thiocyanates is 1. The van der Waals surface area contributed by atoms with Gasteiger partial charge in [-0.15, -0.1) is 0 Å². The predicted molar refractivity (Wildman–Crippen MR) is 201 cm³/mol. The first-order valence-corrected chi connectivity index (χ1v) is 19.4. The molecule has 0 aromatic heterocycles. The van der Waals surface area contributed by atoms with Gasteiger partial charge in [0, 0.05) is 37.3 Å². The lowest BCUT2D eigenvalue weighted by Crippen LogP contribution is -2.61. The van der Waals surface area contributed by atoms with Gasteiger partial charge in [-0.2, -0.15) is 5.26 Å². The fraction of sp³-hybridized carbons (Fsp3) is 0.921. The van der Waals surface area contributed by atoms with E-state index in [1.807, 2.05) is 25.9 Å². The standard InChI is InChI=1S/C37H67NO13.CHNS/c1-14-25-37(10,45)30(41)20(4)27(39)18(2)16-35(8,44)32(51-34-28(40)24(38(11)12)15-19(3)47-34)21(5)29(22(6)33(43)49-25)50-26-17-36(9,46-13)31(42)23(7)48-26;2-1-3/h18-26,28-32,34,40-42,44-45H,14-17H2,1-13H3;3H/t18-,19-,20?,21+,22-,23+,24+,25?,26?,28-,29+,30-,31+,32-,34+,35-,36-,37-;/m1./s1. The molecule has 54 heavy (non-hydrogen) atoms. The predicted octanol–water partition coefficient (Wildman–Crippen LogP) is 2.18. The number of aliphatic hydroxyl groups excluding tert-OH is 3. The Morgan fingerprint density at radius 3 is 2.04 bits per heavy atom. The van der Waals surface area contributed by atoms with Crippen molar-refractivity contribution < 1.29 is 63.5 Å². The average molecular weight is 793 g/mol. The lowest BCUT2D eigenvalue weighted by molar-refractivity contribution is -0.318. The first kappa shape index (κ1) is 48.7. The number of rotatable bonds is 7. The van der Waals surface area contributed by atoms with Gasteiger partial charge in [0.05, 0.1) is 47.6 Å². The highest BCUT2D eigenvalue weighted by atomic mass is 32.1. The van der Waals surface area contributed by atoms with E-state index in [2.05, 4.69) is 12.6 Å². The number of hydrogen-bond acceptors (Lipinski definition) is 16. The van der Waals surface area contributed by atoms with E-state index in [1.54, 1.807) is 41.5 Å². The SMILES string of the molecule is CCC1OC(=O)[C@H](C)[C@@H](OC2C[C@@](C)(OC)[C@@H](O)[C@H](C)O2)[C@H](C)[C@@H](O[C@@H]2O[C@H](C)C[C@H](N(C)C)[C@H]2O)[C@](C)(O)C[C@@H](C)C(=O)C(C)[C@@H](O)[C@]1(C)O.N#CS. The fourth-order valence-corrected chi connectivity index (χ4v) is 8.41. The van der Waals surface area contributed by atoms with Crippen molar-refractivity contribution in [1.82, 2.24) is 4.90 Å². The van der Waals surface area contributed by atoms with E-state index < -0.39 is 108 Å². The number of nitriles is 1. The van der Waals surface area contributed by atoms with Gasteiger partial charge in [-0.25, -0.2) is 0 Å². The van der Waals surface area contributed by atoms with Crippen molar-refractivity contribution in [1.29, 1.82) is 5.26 Å². The summed E-state index contributed by atoms with van der Waals surface area (Å²) in [6.45, 7) is 16.3. The largest absolute Gasteiger partial charge is 0.459 e. The average Bonchev–Trinajstić information content (AvgIpc) is 3.09. The highest BCUT2D eigenvalue weighted by Crippen LogP contribution is 2.40.